The molecule has 4 amide bonds. The van der Waals surface area contributed by atoms with Gasteiger partial charge in [-0.25, -0.2) is 14.8 Å². The molecule has 0 aliphatic rings. The Bertz CT molecular complexity index is 1760. The van der Waals surface area contributed by atoms with Crippen molar-refractivity contribution in [1.82, 2.24) is 26.1 Å². The van der Waals surface area contributed by atoms with Gasteiger partial charge in [0.25, 0.3) is 5.91 Å². The summed E-state index contributed by atoms with van der Waals surface area (Å²) in [5.41, 5.74) is 10.1. The molecule has 4 aromatic rings. The number of aliphatic hydroxyl groups excluding tert-OH is 1. The highest BCUT2D eigenvalue weighted by Gasteiger charge is 2.31. The van der Waals surface area contributed by atoms with Crippen molar-refractivity contribution in [3.05, 3.63) is 114 Å². The van der Waals surface area contributed by atoms with Crippen LogP contribution in [0.2, 0.25) is 0 Å². The van der Waals surface area contributed by atoms with Gasteiger partial charge < -0.3 is 26.2 Å². The number of fused-ring (bicyclic) bond motifs is 1. The van der Waals surface area contributed by atoms with Crippen LogP contribution in [0.1, 0.15) is 62.2 Å². The number of para-hydroxylation sites is 1. The summed E-state index contributed by atoms with van der Waals surface area (Å²) in [6, 6.07) is 27.2. The number of aryl methyl sites for hydroxylation is 1. The Morgan fingerprint density at radius 3 is 2.14 bits per heavy atom. The quantitative estimate of drug-likeness (QED) is 0.109. The number of rotatable bonds is 16. The number of amides is 4. The minimum Gasteiger partial charge on any atom is -0.443 e. The van der Waals surface area contributed by atoms with E-state index in [1.54, 1.807) is 44.0 Å². The van der Waals surface area contributed by atoms with Gasteiger partial charge in [0.2, 0.25) is 11.8 Å². The molecule has 0 aliphatic heterocycles. The highest BCUT2D eigenvalue weighted by molar-refractivity contribution is 5.99. The maximum atomic E-state index is 13.8. The molecule has 51 heavy (non-hydrogen) atoms. The number of pyridine rings is 1. The predicted octanol–water partition coefficient (Wildman–Crippen LogP) is 4.06. The van der Waals surface area contributed by atoms with Crippen molar-refractivity contribution in [2.24, 2.45) is 5.73 Å². The fourth-order valence-electron chi connectivity index (χ4n) is 5.53. The van der Waals surface area contributed by atoms with Gasteiger partial charge in [0.05, 0.1) is 24.1 Å². The number of carbonyl (C=O) groups is 4. The van der Waals surface area contributed by atoms with Crippen LogP contribution in [-0.4, -0.2) is 75.3 Å². The summed E-state index contributed by atoms with van der Waals surface area (Å²) in [4.78, 5) is 56.5. The minimum atomic E-state index is -1.35. The number of benzene rings is 3. The first-order valence-electron chi connectivity index (χ1n) is 17.0. The number of nitrogens with zero attached hydrogens (tertiary/aromatic N) is 2. The largest absolute Gasteiger partial charge is 0.443 e. The predicted molar refractivity (Wildman–Crippen MR) is 195 cm³/mol. The maximum Gasteiger partial charge on any atom is 0.422 e. The van der Waals surface area contributed by atoms with Gasteiger partial charge in [-0.05, 0) is 70.2 Å². The molecular formula is C39H48N6O6. The molecule has 12 heteroatoms. The lowest BCUT2D eigenvalue weighted by Crippen LogP contribution is -2.58. The lowest BCUT2D eigenvalue weighted by molar-refractivity contribution is -0.128. The van der Waals surface area contributed by atoms with Gasteiger partial charge in [0, 0.05) is 18.0 Å². The molecule has 1 unspecified atom stereocenters. The average molecular weight is 697 g/mol. The maximum absolute atomic E-state index is 13.8. The van der Waals surface area contributed by atoms with Crippen molar-refractivity contribution in [2.45, 2.75) is 83.2 Å². The summed E-state index contributed by atoms with van der Waals surface area (Å²) >= 11 is 0. The van der Waals surface area contributed by atoms with Gasteiger partial charge >= 0.3 is 6.09 Å². The summed E-state index contributed by atoms with van der Waals surface area (Å²) in [6.45, 7) is 7.12. The fourth-order valence-corrected chi connectivity index (χ4v) is 5.53. The van der Waals surface area contributed by atoms with Gasteiger partial charge in [-0.2, -0.15) is 0 Å². The molecule has 0 saturated carbocycles. The topological polar surface area (TPSA) is 176 Å². The number of nitrogens with one attached hydrogen (secondary N) is 3. The zero-order chi connectivity index (χ0) is 37.0. The van der Waals surface area contributed by atoms with Crippen molar-refractivity contribution >= 4 is 34.7 Å². The number of aromatic nitrogens is 1. The molecule has 0 aliphatic carbocycles. The molecule has 4 rings (SSSR count). The number of ether oxygens (including phenoxy) is 1. The van der Waals surface area contributed by atoms with Crippen molar-refractivity contribution in [3.63, 3.8) is 0 Å². The van der Waals surface area contributed by atoms with Crippen molar-refractivity contribution in [3.8, 4) is 0 Å². The molecule has 0 saturated heterocycles. The lowest BCUT2D eigenvalue weighted by Gasteiger charge is -2.35. The highest BCUT2D eigenvalue weighted by Crippen LogP contribution is 2.15. The van der Waals surface area contributed by atoms with Crippen LogP contribution in [0.5, 0.6) is 0 Å². The third kappa shape index (κ3) is 12.5. The Morgan fingerprint density at radius 2 is 1.49 bits per heavy atom. The Morgan fingerprint density at radius 1 is 0.863 bits per heavy atom. The van der Waals surface area contributed by atoms with Crippen LogP contribution in [0.4, 0.5) is 4.79 Å². The fraction of sp³-hybridized carbons (Fsp3) is 0.359. The Kier molecular flexibility index (Phi) is 13.6. The van der Waals surface area contributed by atoms with E-state index in [0.29, 0.717) is 11.9 Å². The number of hydrogen-bond acceptors (Lipinski definition) is 8. The number of aliphatic hydroxyl groups is 1. The molecule has 0 spiro atoms. The minimum absolute atomic E-state index is 0.0604. The molecule has 1 aromatic heterocycles. The van der Waals surface area contributed by atoms with E-state index in [9.17, 15) is 24.3 Å². The monoisotopic (exact) mass is 696 g/mol. The Hall–Kier alpha value is -5.33. The highest BCUT2D eigenvalue weighted by atomic mass is 16.6. The third-order valence-electron chi connectivity index (χ3n) is 8.19. The molecule has 0 bridgehead atoms. The number of carbonyl (C=O) groups excluding carboxylic acids is 4. The normalized spacial score (nSPS) is 13.8. The van der Waals surface area contributed by atoms with Crippen LogP contribution >= 0.6 is 0 Å². The first-order chi connectivity index (χ1) is 24.3. The van der Waals surface area contributed by atoms with Crippen molar-refractivity contribution in [2.75, 3.05) is 6.54 Å². The smallest absolute Gasteiger partial charge is 0.422 e. The van der Waals surface area contributed by atoms with Gasteiger partial charge in [-0.15, -0.1) is 0 Å². The summed E-state index contributed by atoms with van der Waals surface area (Å²) in [5.74, 6) is -2.18. The number of nitrogens with two attached hydrogens (primary N) is 1. The molecule has 6 N–H and O–H groups in total. The third-order valence-corrected chi connectivity index (χ3v) is 8.19. The van der Waals surface area contributed by atoms with Crippen LogP contribution in [-0.2, 0) is 27.2 Å². The van der Waals surface area contributed by atoms with Crippen LogP contribution in [0, 0.1) is 0 Å². The van der Waals surface area contributed by atoms with Crippen LogP contribution in [0.3, 0.4) is 0 Å². The first kappa shape index (κ1) is 38.5. The number of hydrazine groups is 1. The average Bonchev–Trinajstić information content (AvgIpc) is 3.09. The summed E-state index contributed by atoms with van der Waals surface area (Å²) in [6.07, 6.45) is -0.836. The number of hydrogen-bond donors (Lipinski definition) is 5. The van der Waals surface area contributed by atoms with Crippen LogP contribution in [0.15, 0.2) is 97.1 Å². The molecule has 1 heterocycles. The van der Waals surface area contributed by atoms with E-state index in [2.05, 4.69) is 21.0 Å². The van der Waals surface area contributed by atoms with E-state index in [0.717, 1.165) is 22.9 Å². The van der Waals surface area contributed by atoms with E-state index in [-0.39, 0.29) is 24.7 Å². The Balaban J connectivity index is 1.55. The van der Waals surface area contributed by atoms with Gasteiger partial charge in [0.15, 0.2) is 0 Å². The molecule has 4 atom stereocenters. The zero-order valence-electron chi connectivity index (χ0n) is 29.5. The summed E-state index contributed by atoms with van der Waals surface area (Å²) in [5, 5.41) is 19.6. The van der Waals surface area contributed by atoms with Crippen LogP contribution < -0.4 is 21.8 Å². The lowest BCUT2D eigenvalue weighted by atomic mass is 9.99. The summed E-state index contributed by atoms with van der Waals surface area (Å²) < 4.78 is 5.52. The van der Waals surface area contributed by atoms with Gasteiger partial charge in [-0.3, -0.25) is 19.8 Å². The Labute approximate surface area is 298 Å². The standard InChI is InChI=1S/C39H48N6O6/c1-26(19-20-27-13-7-5-8-14-27)45(44-38(50)51-39(2,3)4)25-34(46)32(23-28-15-9-6-10-16-28)42-37(49)33(24-35(40)47)43-36(48)31-22-21-29-17-11-12-18-30(29)41-31/h5-18,21-22,26,32-34,46H,19-20,23-25H2,1-4H3,(H2,40,47)(H,42,49)(H,43,48)(H,44,50)/t26?,32-,33-,34+/m0/s1. The van der Waals surface area contributed by atoms with Gasteiger partial charge in [0.1, 0.15) is 17.3 Å². The van der Waals surface area contributed by atoms with E-state index >= 15 is 0 Å². The van der Waals surface area contributed by atoms with Crippen molar-refractivity contribution in [1.29, 1.82) is 0 Å². The van der Waals surface area contributed by atoms with E-state index < -0.39 is 54.0 Å². The van der Waals surface area contributed by atoms with Crippen LogP contribution in [0.25, 0.3) is 10.9 Å². The van der Waals surface area contributed by atoms with Crippen molar-refractivity contribution < 1.29 is 29.0 Å². The molecule has 3 aromatic carbocycles. The van der Waals surface area contributed by atoms with Gasteiger partial charge in [-0.1, -0.05) is 84.9 Å². The molecule has 0 radical (unpaired) electrons. The zero-order valence-corrected chi connectivity index (χ0v) is 29.5. The SMILES string of the molecule is CC(CCc1ccccc1)N(C[C@@H](O)[C@H](Cc1ccccc1)NC(=O)[C@H](CC(N)=O)NC(=O)c1ccc2ccccc2n1)NC(=O)OC(C)(C)C. The van der Waals surface area contributed by atoms with E-state index in [1.165, 1.54) is 6.07 Å². The molecular weight excluding hydrogens is 648 g/mol. The van der Waals surface area contributed by atoms with E-state index in [1.807, 2.05) is 79.7 Å². The molecule has 270 valence electrons. The second kappa shape index (κ2) is 18.1. The summed E-state index contributed by atoms with van der Waals surface area (Å²) in [7, 11) is 0. The molecule has 12 nitrogen and oxygen atoms in total. The number of primary amides is 1. The second-order valence-electron chi connectivity index (χ2n) is 13.6. The van der Waals surface area contributed by atoms with E-state index in [4.69, 9.17) is 10.5 Å². The molecule has 0 fully saturated rings. The second-order valence-corrected chi connectivity index (χ2v) is 13.6. The first-order valence-corrected chi connectivity index (χ1v) is 17.0.